The smallest absolute Gasteiger partial charge is 0.260 e. The predicted molar refractivity (Wildman–Crippen MR) is 121 cm³/mol. The lowest BCUT2D eigenvalue weighted by molar-refractivity contribution is -0.134. The molecule has 0 unspecified atom stereocenters. The van der Waals surface area contributed by atoms with Crippen molar-refractivity contribution in [3.63, 3.8) is 0 Å². The van der Waals surface area contributed by atoms with Crippen molar-refractivity contribution in [3.05, 3.63) is 59.2 Å². The monoisotopic (exact) mass is 424 g/mol. The average Bonchev–Trinajstić information content (AvgIpc) is 3.04. The molecule has 2 amide bonds. The summed E-state index contributed by atoms with van der Waals surface area (Å²) in [5, 5.41) is 0. The van der Waals surface area contributed by atoms with Gasteiger partial charge in [-0.3, -0.25) is 9.59 Å². The van der Waals surface area contributed by atoms with Crippen LogP contribution in [-0.2, 0) is 16.0 Å². The molecule has 1 fully saturated rings. The lowest BCUT2D eigenvalue weighted by Crippen LogP contribution is -2.39. The summed E-state index contributed by atoms with van der Waals surface area (Å²) in [6.45, 7) is 6.44. The highest BCUT2D eigenvalue weighted by molar-refractivity contribution is 5.79. The van der Waals surface area contributed by atoms with Crippen LogP contribution in [0, 0.1) is 13.8 Å². The summed E-state index contributed by atoms with van der Waals surface area (Å²) in [4.78, 5) is 29.0. The number of benzene rings is 2. The van der Waals surface area contributed by atoms with E-state index in [1.165, 1.54) is 0 Å². The Balaban J connectivity index is 1.45. The van der Waals surface area contributed by atoms with Gasteiger partial charge >= 0.3 is 0 Å². The zero-order valence-corrected chi connectivity index (χ0v) is 18.7. The number of aryl methyl sites for hydroxylation is 3. The Kier molecular flexibility index (Phi) is 7.93. The number of methoxy groups -OCH3 is 1. The van der Waals surface area contributed by atoms with Gasteiger partial charge in [0, 0.05) is 32.6 Å². The summed E-state index contributed by atoms with van der Waals surface area (Å²) >= 11 is 0. The third-order valence-electron chi connectivity index (χ3n) is 5.68. The van der Waals surface area contributed by atoms with E-state index >= 15 is 0 Å². The summed E-state index contributed by atoms with van der Waals surface area (Å²) in [5.41, 5.74) is 3.24. The van der Waals surface area contributed by atoms with Crippen LogP contribution < -0.4 is 9.47 Å². The van der Waals surface area contributed by atoms with Gasteiger partial charge in [0.25, 0.3) is 5.91 Å². The first kappa shape index (κ1) is 22.7. The molecule has 0 saturated carbocycles. The maximum atomic E-state index is 12.7. The van der Waals surface area contributed by atoms with Gasteiger partial charge in [0.05, 0.1) is 7.11 Å². The summed E-state index contributed by atoms with van der Waals surface area (Å²) in [6, 6.07) is 13.8. The van der Waals surface area contributed by atoms with E-state index in [2.05, 4.69) is 0 Å². The number of nitrogens with zero attached hydrogens (tertiary/aromatic N) is 2. The second kappa shape index (κ2) is 10.8. The quantitative estimate of drug-likeness (QED) is 0.684. The lowest BCUT2D eigenvalue weighted by Gasteiger charge is -2.22. The maximum absolute atomic E-state index is 12.7. The number of hydrogen-bond acceptors (Lipinski definition) is 4. The van der Waals surface area contributed by atoms with Crippen molar-refractivity contribution in [2.45, 2.75) is 33.1 Å². The van der Waals surface area contributed by atoms with E-state index in [0.29, 0.717) is 39.0 Å². The van der Waals surface area contributed by atoms with Gasteiger partial charge in [-0.1, -0.05) is 24.3 Å². The van der Waals surface area contributed by atoms with Gasteiger partial charge in [-0.25, -0.2) is 0 Å². The summed E-state index contributed by atoms with van der Waals surface area (Å²) in [6.07, 6.45) is 1.95. The minimum absolute atomic E-state index is 0.0235. The van der Waals surface area contributed by atoms with Gasteiger partial charge in [-0.15, -0.1) is 0 Å². The highest BCUT2D eigenvalue weighted by Gasteiger charge is 2.22. The van der Waals surface area contributed by atoms with Crippen LogP contribution >= 0.6 is 0 Å². The third kappa shape index (κ3) is 6.48. The molecule has 1 saturated heterocycles. The Bertz CT molecular complexity index is 895. The molecule has 0 N–H and O–H groups in total. The molecule has 2 aromatic carbocycles. The van der Waals surface area contributed by atoms with Crippen LogP contribution in [0.1, 0.15) is 29.5 Å². The molecule has 0 atom stereocenters. The van der Waals surface area contributed by atoms with Crippen molar-refractivity contribution in [1.82, 2.24) is 9.80 Å². The van der Waals surface area contributed by atoms with Crippen molar-refractivity contribution in [1.29, 1.82) is 0 Å². The molecule has 0 aliphatic carbocycles. The summed E-state index contributed by atoms with van der Waals surface area (Å²) in [7, 11) is 1.64. The van der Waals surface area contributed by atoms with E-state index in [4.69, 9.17) is 9.47 Å². The number of hydrogen-bond donors (Lipinski definition) is 0. The van der Waals surface area contributed by atoms with Crippen molar-refractivity contribution in [2.24, 2.45) is 0 Å². The third-order valence-corrected chi connectivity index (χ3v) is 5.68. The normalized spacial score (nSPS) is 14.2. The SMILES string of the molecule is COc1ccc(CCC(=O)N2CCCN(C(=O)COc3cc(C)ccc3C)CC2)cc1. The standard InChI is InChI=1S/C25H32N2O4/c1-19-5-6-20(2)23(17-19)31-18-25(29)27-14-4-13-26(15-16-27)24(28)12-9-21-7-10-22(30-3)11-8-21/h5-8,10-11,17H,4,9,12-16,18H2,1-3H3. The fourth-order valence-corrected chi connectivity index (χ4v) is 3.71. The molecule has 0 radical (unpaired) electrons. The first-order valence-corrected chi connectivity index (χ1v) is 10.8. The Hall–Kier alpha value is -3.02. The molecule has 6 nitrogen and oxygen atoms in total. The fourth-order valence-electron chi connectivity index (χ4n) is 3.71. The molecule has 2 aromatic rings. The zero-order valence-electron chi connectivity index (χ0n) is 18.7. The number of carbonyl (C=O) groups excluding carboxylic acids is 2. The molecule has 0 aromatic heterocycles. The van der Waals surface area contributed by atoms with Gasteiger partial charge in [-0.2, -0.15) is 0 Å². The largest absolute Gasteiger partial charge is 0.497 e. The van der Waals surface area contributed by atoms with Crippen LogP contribution in [0.5, 0.6) is 11.5 Å². The van der Waals surface area contributed by atoms with E-state index in [9.17, 15) is 9.59 Å². The minimum Gasteiger partial charge on any atom is -0.497 e. The second-order valence-corrected chi connectivity index (χ2v) is 8.02. The Morgan fingerprint density at radius 1 is 0.903 bits per heavy atom. The predicted octanol–water partition coefficient (Wildman–Crippen LogP) is 3.38. The zero-order chi connectivity index (χ0) is 22.2. The number of carbonyl (C=O) groups is 2. The molecule has 0 bridgehead atoms. The molecule has 31 heavy (non-hydrogen) atoms. The lowest BCUT2D eigenvalue weighted by atomic mass is 10.1. The first-order chi connectivity index (χ1) is 15.0. The molecular weight excluding hydrogens is 392 g/mol. The van der Waals surface area contributed by atoms with Crippen molar-refractivity contribution in [3.8, 4) is 11.5 Å². The Labute approximate surface area is 184 Å². The van der Waals surface area contributed by atoms with E-state index in [0.717, 1.165) is 34.6 Å². The highest BCUT2D eigenvalue weighted by atomic mass is 16.5. The summed E-state index contributed by atoms with van der Waals surface area (Å²) in [5.74, 6) is 1.66. The molecule has 6 heteroatoms. The van der Waals surface area contributed by atoms with Crippen LogP contribution in [-0.4, -0.2) is 61.5 Å². The fraction of sp³-hybridized carbons (Fsp3) is 0.440. The molecule has 1 heterocycles. The molecule has 166 valence electrons. The molecule has 3 rings (SSSR count). The van der Waals surface area contributed by atoms with Gasteiger partial charge in [0.2, 0.25) is 5.91 Å². The van der Waals surface area contributed by atoms with Crippen LogP contribution in [0.2, 0.25) is 0 Å². The molecular formula is C25H32N2O4. The van der Waals surface area contributed by atoms with Gasteiger partial charge < -0.3 is 19.3 Å². The van der Waals surface area contributed by atoms with Crippen molar-refractivity contribution >= 4 is 11.8 Å². The first-order valence-electron chi connectivity index (χ1n) is 10.8. The van der Waals surface area contributed by atoms with Crippen LogP contribution in [0.4, 0.5) is 0 Å². The van der Waals surface area contributed by atoms with E-state index in [1.54, 1.807) is 7.11 Å². The van der Waals surface area contributed by atoms with E-state index in [-0.39, 0.29) is 18.4 Å². The minimum atomic E-state index is -0.0339. The topological polar surface area (TPSA) is 59.1 Å². The van der Waals surface area contributed by atoms with Crippen LogP contribution in [0.15, 0.2) is 42.5 Å². The van der Waals surface area contributed by atoms with Crippen molar-refractivity contribution < 1.29 is 19.1 Å². The second-order valence-electron chi connectivity index (χ2n) is 8.02. The number of ether oxygens (including phenoxy) is 2. The van der Waals surface area contributed by atoms with Crippen molar-refractivity contribution in [2.75, 3.05) is 39.9 Å². The van der Waals surface area contributed by atoms with E-state index < -0.39 is 0 Å². The van der Waals surface area contributed by atoms with E-state index in [1.807, 2.05) is 66.1 Å². The van der Waals surface area contributed by atoms with Gasteiger partial charge in [0.1, 0.15) is 11.5 Å². The Morgan fingerprint density at radius 3 is 2.26 bits per heavy atom. The highest BCUT2D eigenvalue weighted by Crippen LogP contribution is 2.19. The van der Waals surface area contributed by atoms with Gasteiger partial charge in [0.15, 0.2) is 6.61 Å². The number of amides is 2. The molecule has 1 aliphatic rings. The van der Waals surface area contributed by atoms with Crippen LogP contribution in [0.3, 0.4) is 0 Å². The average molecular weight is 425 g/mol. The molecule has 0 spiro atoms. The molecule has 1 aliphatic heterocycles. The van der Waals surface area contributed by atoms with Crippen LogP contribution in [0.25, 0.3) is 0 Å². The maximum Gasteiger partial charge on any atom is 0.260 e. The number of rotatable bonds is 7. The van der Waals surface area contributed by atoms with Gasteiger partial charge in [-0.05, 0) is 61.6 Å². The summed E-state index contributed by atoms with van der Waals surface area (Å²) < 4.78 is 10.9. The Morgan fingerprint density at radius 2 is 1.58 bits per heavy atom.